The number of nitrogens with zero attached hydrogens (tertiary/aromatic N) is 2. The summed E-state index contributed by atoms with van der Waals surface area (Å²) in [4.78, 5) is 30.9. The van der Waals surface area contributed by atoms with E-state index in [1.165, 1.54) is 6.42 Å². The van der Waals surface area contributed by atoms with E-state index in [0.717, 1.165) is 31.5 Å². The largest absolute Gasteiger partial charge is 0.351 e. The molecule has 0 unspecified atom stereocenters. The van der Waals surface area contributed by atoms with Gasteiger partial charge in [0.2, 0.25) is 11.8 Å². The molecule has 1 aliphatic heterocycles. The highest BCUT2D eigenvalue weighted by atomic mass is 16.2. The predicted molar refractivity (Wildman–Crippen MR) is 78.2 cm³/mol. The number of hydrogen-bond donors (Lipinski definition) is 1. The number of carbonyl (C=O) groups is 2. The summed E-state index contributed by atoms with van der Waals surface area (Å²) in [5.41, 5.74) is 0.173. The first kappa shape index (κ1) is 14.0. The van der Waals surface area contributed by atoms with E-state index in [1.54, 1.807) is 12.4 Å². The van der Waals surface area contributed by atoms with E-state index in [2.05, 4.69) is 10.3 Å². The monoisotopic (exact) mass is 287 g/mol. The number of hydrogen-bond acceptors (Lipinski definition) is 3. The number of carbonyl (C=O) groups excluding carboxylic acids is 2. The predicted octanol–water partition coefficient (Wildman–Crippen LogP) is 1.49. The Morgan fingerprint density at radius 3 is 2.62 bits per heavy atom. The number of likely N-dealkylation sites (tertiary alicyclic amines) is 1. The molecule has 0 spiro atoms. The lowest BCUT2D eigenvalue weighted by Gasteiger charge is -2.30. The maximum atomic E-state index is 12.6. The SMILES string of the molecule is O=C(NCc1cccnc1)C1(C(=O)N2CCCCC2)CC1. The Labute approximate surface area is 124 Å². The molecular formula is C16H21N3O2. The first-order chi connectivity index (χ1) is 10.2. The lowest BCUT2D eigenvalue weighted by Crippen LogP contribution is -2.46. The second-order valence-corrected chi connectivity index (χ2v) is 5.98. The fourth-order valence-corrected chi connectivity index (χ4v) is 2.92. The molecule has 3 rings (SSSR count). The van der Waals surface area contributed by atoms with Gasteiger partial charge in [0.05, 0.1) is 0 Å². The van der Waals surface area contributed by atoms with Gasteiger partial charge >= 0.3 is 0 Å². The van der Waals surface area contributed by atoms with Gasteiger partial charge in [0.25, 0.3) is 0 Å². The highest BCUT2D eigenvalue weighted by molar-refractivity contribution is 6.07. The molecule has 5 heteroatoms. The second kappa shape index (κ2) is 5.84. The van der Waals surface area contributed by atoms with Crippen molar-refractivity contribution >= 4 is 11.8 Å². The molecule has 112 valence electrons. The highest BCUT2D eigenvalue weighted by Crippen LogP contribution is 2.47. The van der Waals surface area contributed by atoms with E-state index in [4.69, 9.17) is 0 Å². The van der Waals surface area contributed by atoms with Crippen molar-refractivity contribution in [3.8, 4) is 0 Å². The lowest BCUT2D eigenvalue weighted by atomic mass is 10.0. The summed E-state index contributed by atoms with van der Waals surface area (Å²) in [6.45, 7) is 2.04. The van der Waals surface area contributed by atoms with Crippen molar-refractivity contribution in [2.45, 2.75) is 38.6 Å². The number of rotatable bonds is 4. The Morgan fingerprint density at radius 2 is 2.00 bits per heavy atom. The zero-order valence-corrected chi connectivity index (χ0v) is 12.2. The van der Waals surface area contributed by atoms with Crippen molar-refractivity contribution in [2.75, 3.05) is 13.1 Å². The van der Waals surface area contributed by atoms with Crippen molar-refractivity contribution in [1.82, 2.24) is 15.2 Å². The van der Waals surface area contributed by atoms with Crippen molar-refractivity contribution < 1.29 is 9.59 Å². The molecule has 1 aromatic heterocycles. The number of aromatic nitrogens is 1. The van der Waals surface area contributed by atoms with Gasteiger partial charge in [-0.25, -0.2) is 0 Å². The Morgan fingerprint density at radius 1 is 1.24 bits per heavy atom. The number of pyridine rings is 1. The molecular weight excluding hydrogens is 266 g/mol. The van der Waals surface area contributed by atoms with E-state index in [9.17, 15) is 9.59 Å². The van der Waals surface area contributed by atoms with Gasteiger partial charge in [-0.1, -0.05) is 6.07 Å². The molecule has 5 nitrogen and oxygen atoms in total. The maximum absolute atomic E-state index is 12.6. The Balaban J connectivity index is 1.59. The molecule has 2 amide bonds. The molecule has 21 heavy (non-hydrogen) atoms. The molecule has 1 saturated heterocycles. The van der Waals surface area contributed by atoms with Crippen LogP contribution >= 0.6 is 0 Å². The molecule has 2 aliphatic rings. The van der Waals surface area contributed by atoms with Crippen molar-refractivity contribution in [3.05, 3.63) is 30.1 Å². The number of amides is 2. The second-order valence-electron chi connectivity index (χ2n) is 5.98. The van der Waals surface area contributed by atoms with Crippen molar-refractivity contribution in [3.63, 3.8) is 0 Å². The number of piperidine rings is 1. The summed E-state index contributed by atoms with van der Waals surface area (Å²) in [7, 11) is 0. The minimum Gasteiger partial charge on any atom is -0.351 e. The molecule has 1 saturated carbocycles. The smallest absolute Gasteiger partial charge is 0.238 e. The standard InChI is InChI=1S/C16H21N3O2/c20-14(18-12-13-5-4-8-17-11-13)16(6-7-16)15(21)19-9-2-1-3-10-19/h4-5,8,11H,1-3,6-7,9-10,12H2,(H,18,20). The minimum atomic E-state index is -0.778. The fourth-order valence-electron chi connectivity index (χ4n) is 2.92. The highest BCUT2D eigenvalue weighted by Gasteiger charge is 2.57. The Hall–Kier alpha value is -1.91. The first-order valence-electron chi connectivity index (χ1n) is 7.69. The summed E-state index contributed by atoms with van der Waals surface area (Å²) in [5, 5.41) is 2.90. The van der Waals surface area contributed by atoms with Gasteiger partial charge < -0.3 is 10.2 Å². The van der Waals surface area contributed by atoms with Crippen molar-refractivity contribution in [1.29, 1.82) is 0 Å². The average Bonchev–Trinajstić information content (AvgIpc) is 3.35. The number of nitrogens with one attached hydrogen (secondary N) is 1. The molecule has 1 N–H and O–H groups in total. The Kier molecular flexibility index (Phi) is 3.90. The molecule has 2 heterocycles. The van der Waals surface area contributed by atoms with Gasteiger partial charge in [-0.3, -0.25) is 14.6 Å². The molecule has 2 fully saturated rings. The third kappa shape index (κ3) is 2.91. The van der Waals surface area contributed by atoms with Crippen LogP contribution in [0.4, 0.5) is 0 Å². The van der Waals surface area contributed by atoms with Gasteiger partial charge in [0, 0.05) is 32.0 Å². The van der Waals surface area contributed by atoms with Crippen LogP contribution in [0.2, 0.25) is 0 Å². The van der Waals surface area contributed by atoms with Gasteiger partial charge in [-0.2, -0.15) is 0 Å². The van der Waals surface area contributed by atoms with E-state index in [-0.39, 0.29) is 11.8 Å². The van der Waals surface area contributed by atoms with Gasteiger partial charge in [0.15, 0.2) is 0 Å². The van der Waals surface area contributed by atoms with Crippen LogP contribution in [-0.2, 0) is 16.1 Å². The van der Waals surface area contributed by atoms with Crippen LogP contribution in [0.3, 0.4) is 0 Å². The zero-order chi connectivity index (χ0) is 14.7. The topological polar surface area (TPSA) is 62.3 Å². The van der Waals surface area contributed by atoms with E-state index in [1.807, 2.05) is 17.0 Å². The first-order valence-corrected chi connectivity index (χ1v) is 7.69. The molecule has 1 aromatic rings. The third-order valence-corrected chi connectivity index (χ3v) is 4.41. The van der Waals surface area contributed by atoms with Gasteiger partial charge in [-0.05, 0) is 43.7 Å². The van der Waals surface area contributed by atoms with Crippen LogP contribution in [0.5, 0.6) is 0 Å². The van der Waals surface area contributed by atoms with E-state index >= 15 is 0 Å². The fraction of sp³-hybridized carbons (Fsp3) is 0.562. The summed E-state index contributed by atoms with van der Waals surface area (Å²) < 4.78 is 0. The van der Waals surface area contributed by atoms with Gasteiger partial charge in [-0.15, -0.1) is 0 Å². The third-order valence-electron chi connectivity index (χ3n) is 4.41. The minimum absolute atomic E-state index is 0.0332. The lowest BCUT2D eigenvalue weighted by molar-refractivity contribution is -0.145. The van der Waals surface area contributed by atoms with Crippen molar-refractivity contribution in [2.24, 2.45) is 5.41 Å². The van der Waals surface area contributed by atoms with E-state index < -0.39 is 5.41 Å². The normalized spacial score (nSPS) is 19.9. The molecule has 0 radical (unpaired) electrons. The van der Waals surface area contributed by atoms with Gasteiger partial charge in [0.1, 0.15) is 5.41 Å². The maximum Gasteiger partial charge on any atom is 0.238 e. The average molecular weight is 287 g/mol. The van der Waals surface area contributed by atoms with Crippen LogP contribution in [0.25, 0.3) is 0 Å². The van der Waals surface area contributed by atoms with Crippen LogP contribution < -0.4 is 5.32 Å². The van der Waals surface area contributed by atoms with Crippen LogP contribution in [0, 0.1) is 5.41 Å². The van der Waals surface area contributed by atoms with Crippen LogP contribution in [-0.4, -0.2) is 34.8 Å². The van der Waals surface area contributed by atoms with E-state index in [0.29, 0.717) is 19.4 Å². The zero-order valence-electron chi connectivity index (χ0n) is 12.2. The molecule has 0 aromatic carbocycles. The summed E-state index contributed by atoms with van der Waals surface area (Å²) in [6.07, 6.45) is 8.09. The van der Waals surface area contributed by atoms with Crippen LogP contribution in [0.15, 0.2) is 24.5 Å². The Bertz CT molecular complexity index is 520. The van der Waals surface area contributed by atoms with Crippen LogP contribution in [0.1, 0.15) is 37.7 Å². The summed E-state index contributed by atoms with van der Waals surface area (Å²) >= 11 is 0. The molecule has 1 aliphatic carbocycles. The quantitative estimate of drug-likeness (QED) is 0.853. The summed E-state index contributed by atoms with van der Waals surface area (Å²) in [5.74, 6) is -0.0900. The molecule has 0 bridgehead atoms. The summed E-state index contributed by atoms with van der Waals surface area (Å²) in [6, 6.07) is 3.76. The molecule has 0 atom stereocenters.